The molecule has 0 spiro atoms. The SMILES string of the molecule is CC(=O)OC[C@@]1(C)[C@@H]2[C@@H]3[C@@]4(CO[C@@]3(C)C(=O)[C@@]3(OC(C)=O)C[C@H](C)[C@H](OC(C)=O)[C@@H]3[C@H]4OC(C)=O)[C@H](OC(=O)c3ccccc3)C[C@@H]21. The molecule has 4 saturated carbocycles. The first-order valence-electron chi connectivity index (χ1n) is 16.1. The molecule has 1 aliphatic heterocycles. The van der Waals surface area contributed by atoms with Crippen molar-refractivity contribution in [2.24, 2.45) is 40.4 Å². The van der Waals surface area contributed by atoms with Crippen LogP contribution in [0.1, 0.15) is 71.7 Å². The summed E-state index contributed by atoms with van der Waals surface area (Å²) in [6.45, 7) is 10.3. The number of carbonyl (C=O) groups is 6. The first-order valence-corrected chi connectivity index (χ1v) is 16.1. The number of hydrogen-bond acceptors (Lipinski definition) is 12. The summed E-state index contributed by atoms with van der Waals surface area (Å²) in [5, 5.41) is 0. The second-order valence-electron chi connectivity index (χ2n) is 14.5. The van der Waals surface area contributed by atoms with Crippen LogP contribution in [0.4, 0.5) is 0 Å². The van der Waals surface area contributed by atoms with E-state index in [1.807, 2.05) is 6.92 Å². The van der Waals surface area contributed by atoms with Gasteiger partial charge < -0.3 is 28.4 Å². The fourth-order valence-electron chi connectivity index (χ4n) is 10.1. The molecule has 12 heteroatoms. The lowest BCUT2D eigenvalue weighted by molar-refractivity contribution is -0.213. The van der Waals surface area contributed by atoms with Crippen molar-refractivity contribution in [3.05, 3.63) is 35.9 Å². The molecule has 0 aromatic heterocycles. The molecule has 0 N–H and O–H groups in total. The third kappa shape index (κ3) is 4.80. The molecule has 5 fully saturated rings. The highest BCUT2D eigenvalue weighted by Gasteiger charge is 2.87. The number of Topliss-reactive ketones (excluding diaryl/α,β-unsaturated/α-hetero) is 1. The van der Waals surface area contributed by atoms with E-state index in [9.17, 15) is 24.0 Å². The van der Waals surface area contributed by atoms with Gasteiger partial charge in [-0.05, 0) is 43.2 Å². The largest absolute Gasteiger partial charge is 0.465 e. The molecular formula is C35H42O12. The number of carbonyl (C=O) groups excluding carboxylic acids is 6. The predicted molar refractivity (Wildman–Crippen MR) is 160 cm³/mol. The summed E-state index contributed by atoms with van der Waals surface area (Å²) in [5.41, 5.74) is -5.18. The topological polar surface area (TPSA) is 158 Å². The van der Waals surface area contributed by atoms with Gasteiger partial charge in [-0.1, -0.05) is 32.0 Å². The Hall–Kier alpha value is -3.80. The van der Waals surface area contributed by atoms with Crippen molar-refractivity contribution >= 4 is 35.6 Å². The minimum Gasteiger partial charge on any atom is -0.465 e. The van der Waals surface area contributed by atoms with Crippen molar-refractivity contribution < 1.29 is 57.2 Å². The Morgan fingerprint density at radius 2 is 1.53 bits per heavy atom. The second kappa shape index (κ2) is 11.1. The van der Waals surface area contributed by atoms with Gasteiger partial charge in [-0.25, -0.2) is 4.79 Å². The van der Waals surface area contributed by atoms with Crippen molar-refractivity contribution in [2.75, 3.05) is 13.2 Å². The summed E-state index contributed by atoms with van der Waals surface area (Å²) in [5.74, 6) is -6.44. The van der Waals surface area contributed by atoms with E-state index >= 15 is 4.79 Å². The van der Waals surface area contributed by atoms with E-state index in [-0.39, 0.29) is 31.5 Å². The van der Waals surface area contributed by atoms with Crippen LogP contribution in [-0.2, 0) is 52.4 Å². The van der Waals surface area contributed by atoms with Crippen LogP contribution in [0.3, 0.4) is 0 Å². The fourth-order valence-corrected chi connectivity index (χ4v) is 10.1. The highest BCUT2D eigenvalue weighted by Crippen LogP contribution is 2.78. The van der Waals surface area contributed by atoms with Crippen LogP contribution in [0, 0.1) is 40.4 Å². The molecule has 254 valence electrons. The first-order chi connectivity index (χ1) is 22.0. The van der Waals surface area contributed by atoms with Gasteiger partial charge in [-0.2, -0.15) is 0 Å². The van der Waals surface area contributed by atoms with Crippen molar-refractivity contribution in [1.29, 1.82) is 0 Å². The third-order valence-electron chi connectivity index (χ3n) is 11.7. The number of esters is 5. The Kier molecular flexibility index (Phi) is 7.85. The molecule has 1 aromatic carbocycles. The van der Waals surface area contributed by atoms with Crippen molar-refractivity contribution in [3.63, 3.8) is 0 Å². The summed E-state index contributed by atoms with van der Waals surface area (Å²) in [7, 11) is 0. The Bertz CT molecular complexity index is 1520. The van der Waals surface area contributed by atoms with Crippen molar-refractivity contribution in [2.45, 2.75) is 90.8 Å². The third-order valence-corrected chi connectivity index (χ3v) is 11.7. The normalized spacial score (nSPS) is 42.5. The molecule has 5 aliphatic rings. The highest BCUT2D eigenvalue weighted by atomic mass is 16.6. The molecule has 1 aromatic rings. The molecule has 12 nitrogen and oxygen atoms in total. The molecule has 47 heavy (non-hydrogen) atoms. The molecule has 0 radical (unpaired) electrons. The Labute approximate surface area is 273 Å². The zero-order chi connectivity index (χ0) is 34.3. The number of ketones is 1. The lowest BCUT2D eigenvalue weighted by Gasteiger charge is -2.50. The number of rotatable bonds is 7. The highest BCUT2D eigenvalue weighted by molar-refractivity contribution is 5.98. The zero-order valence-corrected chi connectivity index (χ0v) is 27.7. The van der Waals surface area contributed by atoms with Crippen LogP contribution < -0.4 is 0 Å². The van der Waals surface area contributed by atoms with Gasteiger partial charge in [0.05, 0.1) is 30.1 Å². The monoisotopic (exact) mass is 654 g/mol. The molecule has 4 aliphatic carbocycles. The maximum Gasteiger partial charge on any atom is 0.338 e. The number of ether oxygens (including phenoxy) is 6. The van der Waals surface area contributed by atoms with Crippen LogP contribution in [0.25, 0.3) is 0 Å². The van der Waals surface area contributed by atoms with Crippen LogP contribution in [-0.4, -0.2) is 78.4 Å². The van der Waals surface area contributed by atoms with Gasteiger partial charge in [-0.15, -0.1) is 0 Å². The van der Waals surface area contributed by atoms with E-state index in [4.69, 9.17) is 28.4 Å². The maximum atomic E-state index is 15.2. The van der Waals surface area contributed by atoms with E-state index in [1.165, 1.54) is 27.7 Å². The summed E-state index contributed by atoms with van der Waals surface area (Å²) in [6, 6.07) is 8.45. The molecule has 0 unspecified atom stereocenters. The van der Waals surface area contributed by atoms with E-state index in [0.29, 0.717) is 12.0 Å². The predicted octanol–water partition coefficient (Wildman–Crippen LogP) is 3.23. The van der Waals surface area contributed by atoms with E-state index in [2.05, 4.69) is 0 Å². The zero-order valence-electron chi connectivity index (χ0n) is 27.7. The van der Waals surface area contributed by atoms with Crippen LogP contribution in [0.15, 0.2) is 30.3 Å². The smallest absolute Gasteiger partial charge is 0.338 e. The van der Waals surface area contributed by atoms with Gasteiger partial charge >= 0.3 is 29.8 Å². The summed E-state index contributed by atoms with van der Waals surface area (Å²) in [4.78, 5) is 79.4. The minimum absolute atomic E-state index is 0.0131. The van der Waals surface area contributed by atoms with Gasteiger partial charge in [0, 0.05) is 45.4 Å². The Morgan fingerprint density at radius 3 is 2.13 bits per heavy atom. The molecule has 6 rings (SSSR count). The number of hydrogen-bond donors (Lipinski definition) is 0. The van der Waals surface area contributed by atoms with Crippen LogP contribution in [0.5, 0.6) is 0 Å². The van der Waals surface area contributed by atoms with Gasteiger partial charge in [0.2, 0.25) is 5.78 Å². The minimum atomic E-state index is -1.89. The second-order valence-corrected chi connectivity index (χ2v) is 14.5. The van der Waals surface area contributed by atoms with E-state index in [0.717, 1.165) is 0 Å². The fraction of sp³-hybridized carbons (Fsp3) is 0.657. The van der Waals surface area contributed by atoms with Crippen LogP contribution >= 0.6 is 0 Å². The first kappa shape index (κ1) is 33.1. The van der Waals surface area contributed by atoms with Gasteiger partial charge in [0.25, 0.3) is 0 Å². The molecule has 1 heterocycles. The van der Waals surface area contributed by atoms with Crippen LogP contribution in [0.2, 0.25) is 0 Å². The lowest BCUT2D eigenvalue weighted by Crippen LogP contribution is -2.62. The molecule has 0 amide bonds. The average molecular weight is 655 g/mol. The summed E-state index contributed by atoms with van der Waals surface area (Å²) >= 11 is 0. The molecule has 1 saturated heterocycles. The molecule has 12 atom stereocenters. The van der Waals surface area contributed by atoms with Crippen molar-refractivity contribution in [1.82, 2.24) is 0 Å². The number of fused-ring (bicyclic) bond motifs is 2. The lowest BCUT2D eigenvalue weighted by atomic mass is 9.57. The Morgan fingerprint density at radius 1 is 0.872 bits per heavy atom. The average Bonchev–Trinajstić information content (AvgIpc) is 3.29. The van der Waals surface area contributed by atoms with Crippen molar-refractivity contribution in [3.8, 4) is 0 Å². The van der Waals surface area contributed by atoms with Gasteiger partial charge in [-0.3, -0.25) is 24.0 Å². The number of benzene rings is 1. The maximum absolute atomic E-state index is 15.2. The molecular weight excluding hydrogens is 612 g/mol. The van der Waals surface area contributed by atoms with E-state index in [1.54, 1.807) is 44.2 Å². The van der Waals surface area contributed by atoms with Gasteiger partial charge in [0.15, 0.2) is 5.60 Å². The summed E-state index contributed by atoms with van der Waals surface area (Å²) < 4.78 is 36.7. The van der Waals surface area contributed by atoms with E-state index < -0.39 is 93.7 Å². The van der Waals surface area contributed by atoms with Gasteiger partial charge in [0.1, 0.15) is 23.9 Å². The molecule has 2 bridgehead atoms. The standard InChI is InChI=1S/C35H42O12/c1-17-14-35(47-21(5)39)26(27(17)44-19(3)37)29(45-20(4)38)34-16-43-33(7,31(35)41)28(34)25-23(32(25,6)15-42-18(2)36)13-24(34)46-30(40)22-11-9-8-10-12-22/h8-12,17,23-29H,13-16H2,1-7H3/t17-,23-,24+,25-,26+,27-,28-,29+,32+,33+,34+,35+/m0/s1. The Balaban J connectivity index is 1.60. The summed E-state index contributed by atoms with van der Waals surface area (Å²) in [6.07, 6.45) is -2.92. The quantitative estimate of drug-likeness (QED) is 0.313.